The first-order valence-corrected chi connectivity index (χ1v) is 5.68. The minimum absolute atomic E-state index is 0. The third-order valence-electron chi connectivity index (χ3n) is 3.01. The molecule has 0 saturated heterocycles. The van der Waals surface area contributed by atoms with Crippen molar-refractivity contribution in [2.24, 2.45) is 0 Å². The Morgan fingerprint density at radius 2 is 1.26 bits per heavy atom. The van der Waals surface area contributed by atoms with Crippen molar-refractivity contribution in [2.75, 3.05) is 0 Å². The van der Waals surface area contributed by atoms with E-state index in [1.165, 1.54) is 21.9 Å². The van der Waals surface area contributed by atoms with Crippen LogP contribution < -0.4 is 5.46 Å². The molecule has 0 spiro atoms. The van der Waals surface area contributed by atoms with Gasteiger partial charge in [-0.2, -0.15) is 0 Å². The molecular formula is C16H15BO2. The van der Waals surface area contributed by atoms with Crippen LogP contribution in [0.5, 0.6) is 0 Å². The molecule has 0 bridgehead atoms. The summed E-state index contributed by atoms with van der Waals surface area (Å²) in [5.74, 6) is 0. The zero-order chi connectivity index (χ0) is 11.7. The van der Waals surface area contributed by atoms with E-state index in [4.69, 9.17) is 7.85 Å². The zero-order valence-corrected chi connectivity index (χ0v) is 10.4. The van der Waals surface area contributed by atoms with Crippen molar-refractivity contribution in [3.63, 3.8) is 0 Å². The lowest BCUT2D eigenvalue weighted by Gasteiger charge is -2.07. The Morgan fingerprint density at radius 1 is 0.632 bits per heavy atom. The quantitative estimate of drug-likeness (QED) is 0.589. The molecule has 0 unspecified atom stereocenters. The Bertz CT molecular complexity index is 658. The summed E-state index contributed by atoms with van der Waals surface area (Å²) in [5.41, 5.74) is 3.26. The van der Waals surface area contributed by atoms with Crippen molar-refractivity contribution in [3.8, 4) is 11.1 Å². The van der Waals surface area contributed by atoms with Gasteiger partial charge in [0.05, 0.1) is 0 Å². The highest BCUT2D eigenvalue weighted by atomic mass is 16.0. The normalized spacial score (nSPS) is 9.47. The molecule has 0 aliphatic heterocycles. The molecular weight excluding hydrogens is 235 g/mol. The molecule has 3 aromatic carbocycles. The van der Waals surface area contributed by atoms with Gasteiger partial charge in [0.1, 0.15) is 7.85 Å². The Balaban J connectivity index is 0.000000902. The number of hydrogen-bond acceptors (Lipinski definition) is 0. The molecule has 0 saturated carbocycles. The van der Waals surface area contributed by atoms with Gasteiger partial charge in [-0.05, 0) is 21.9 Å². The molecule has 3 rings (SSSR count). The van der Waals surface area contributed by atoms with E-state index < -0.39 is 0 Å². The van der Waals surface area contributed by atoms with Crippen LogP contribution in [-0.2, 0) is 0 Å². The average Bonchev–Trinajstić information content (AvgIpc) is 2.39. The largest absolute Gasteiger partial charge is 0.412 e. The summed E-state index contributed by atoms with van der Waals surface area (Å²) in [6.45, 7) is 0. The van der Waals surface area contributed by atoms with Crippen LogP contribution in [-0.4, -0.2) is 18.8 Å². The highest BCUT2D eigenvalue weighted by molar-refractivity contribution is 6.32. The molecule has 19 heavy (non-hydrogen) atoms. The van der Waals surface area contributed by atoms with Gasteiger partial charge in [-0.1, -0.05) is 72.2 Å². The standard InChI is InChI=1S/C16H11B.2H2O/c17-14-10-8-13(9-11-14)16-7-3-5-12-4-1-2-6-15(12)16;;/h1-11H;2*1H2. The van der Waals surface area contributed by atoms with Crippen LogP contribution in [0.4, 0.5) is 0 Å². The first kappa shape index (κ1) is 15.0. The summed E-state index contributed by atoms with van der Waals surface area (Å²) in [6.07, 6.45) is 0. The third-order valence-corrected chi connectivity index (χ3v) is 3.01. The van der Waals surface area contributed by atoms with Gasteiger partial charge in [0.25, 0.3) is 0 Å². The first-order valence-electron chi connectivity index (χ1n) is 5.68. The molecule has 0 amide bonds. The molecule has 94 valence electrons. The van der Waals surface area contributed by atoms with E-state index in [1.807, 2.05) is 12.1 Å². The minimum atomic E-state index is 0. The minimum Gasteiger partial charge on any atom is -0.412 e. The summed E-state index contributed by atoms with van der Waals surface area (Å²) < 4.78 is 0. The Kier molecular flexibility index (Phi) is 4.87. The lowest BCUT2D eigenvalue weighted by Crippen LogP contribution is -1.99. The lowest BCUT2D eigenvalue weighted by atomic mass is 9.92. The topological polar surface area (TPSA) is 63.0 Å². The molecule has 0 aliphatic carbocycles. The lowest BCUT2D eigenvalue weighted by molar-refractivity contribution is 0.823. The van der Waals surface area contributed by atoms with E-state index in [-0.39, 0.29) is 11.0 Å². The average molecular weight is 250 g/mol. The molecule has 0 aliphatic rings. The van der Waals surface area contributed by atoms with Crippen LogP contribution in [0.25, 0.3) is 21.9 Å². The maximum Gasteiger partial charge on any atom is 0.113 e. The predicted octanol–water partition coefficient (Wildman–Crippen LogP) is 1.65. The number of rotatable bonds is 1. The van der Waals surface area contributed by atoms with Crippen LogP contribution in [0.1, 0.15) is 0 Å². The molecule has 0 aromatic heterocycles. The highest BCUT2D eigenvalue weighted by Gasteiger charge is 2.02. The molecule has 4 N–H and O–H groups in total. The Hall–Kier alpha value is -2.10. The predicted molar refractivity (Wildman–Crippen MR) is 82.0 cm³/mol. The SMILES string of the molecule is O.O.[B]c1ccc(-c2cccc3ccccc23)cc1. The molecule has 0 heterocycles. The van der Waals surface area contributed by atoms with Gasteiger partial charge in [-0.15, -0.1) is 0 Å². The fourth-order valence-electron chi connectivity index (χ4n) is 2.14. The van der Waals surface area contributed by atoms with Crippen LogP contribution in [0.2, 0.25) is 0 Å². The van der Waals surface area contributed by atoms with Crippen molar-refractivity contribution < 1.29 is 11.0 Å². The summed E-state index contributed by atoms with van der Waals surface area (Å²) in [4.78, 5) is 0. The van der Waals surface area contributed by atoms with Gasteiger partial charge in [-0.3, -0.25) is 0 Å². The van der Waals surface area contributed by atoms with E-state index in [1.54, 1.807) is 0 Å². The fraction of sp³-hybridized carbons (Fsp3) is 0. The van der Waals surface area contributed by atoms with Crippen LogP contribution in [0, 0.1) is 0 Å². The summed E-state index contributed by atoms with van der Waals surface area (Å²) in [7, 11) is 5.72. The molecule has 0 atom stereocenters. The van der Waals surface area contributed by atoms with Gasteiger partial charge in [0, 0.05) is 0 Å². The van der Waals surface area contributed by atoms with E-state index in [0.717, 1.165) is 5.46 Å². The third kappa shape index (κ3) is 2.84. The van der Waals surface area contributed by atoms with Gasteiger partial charge < -0.3 is 11.0 Å². The van der Waals surface area contributed by atoms with E-state index in [0.29, 0.717) is 0 Å². The second-order valence-corrected chi connectivity index (χ2v) is 4.15. The Morgan fingerprint density at radius 3 is 2.00 bits per heavy atom. The molecule has 3 aromatic rings. The first-order chi connectivity index (χ1) is 8.34. The van der Waals surface area contributed by atoms with E-state index in [2.05, 4.69) is 54.6 Å². The maximum absolute atomic E-state index is 5.72. The second-order valence-electron chi connectivity index (χ2n) is 4.15. The Labute approximate surface area is 113 Å². The summed E-state index contributed by atoms with van der Waals surface area (Å²) >= 11 is 0. The number of benzene rings is 3. The van der Waals surface area contributed by atoms with E-state index in [9.17, 15) is 0 Å². The molecule has 2 radical (unpaired) electrons. The van der Waals surface area contributed by atoms with Crippen LogP contribution in [0.15, 0.2) is 66.7 Å². The number of hydrogen-bond donors (Lipinski definition) is 0. The fourth-order valence-corrected chi connectivity index (χ4v) is 2.14. The maximum atomic E-state index is 5.72. The second kappa shape index (κ2) is 6.18. The van der Waals surface area contributed by atoms with Gasteiger partial charge >= 0.3 is 0 Å². The van der Waals surface area contributed by atoms with Crippen molar-refractivity contribution in [1.82, 2.24) is 0 Å². The molecule has 0 fully saturated rings. The highest BCUT2D eigenvalue weighted by Crippen LogP contribution is 2.27. The summed E-state index contributed by atoms with van der Waals surface area (Å²) in [6, 6.07) is 22.8. The molecule has 3 heteroatoms. The van der Waals surface area contributed by atoms with Crippen molar-refractivity contribution in [2.45, 2.75) is 0 Å². The zero-order valence-electron chi connectivity index (χ0n) is 10.4. The summed E-state index contributed by atoms with van der Waals surface area (Å²) in [5, 5.41) is 2.54. The smallest absolute Gasteiger partial charge is 0.113 e. The van der Waals surface area contributed by atoms with Crippen LogP contribution in [0.3, 0.4) is 0 Å². The molecule has 2 nitrogen and oxygen atoms in total. The van der Waals surface area contributed by atoms with Gasteiger partial charge in [-0.25, -0.2) is 0 Å². The monoisotopic (exact) mass is 250 g/mol. The van der Waals surface area contributed by atoms with E-state index >= 15 is 0 Å². The van der Waals surface area contributed by atoms with Gasteiger partial charge in [0.2, 0.25) is 0 Å². The van der Waals surface area contributed by atoms with Crippen molar-refractivity contribution in [1.29, 1.82) is 0 Å². The number of fused-ring (bicyclic) bond motifs is 1. The van der Waals surface area contributed by atoms with Crippen molar-refractivity contribution in [3.05, 3.63) is 66.7 Å². The van der Waals surface area contributed by atoms with Crippen LogP contribution >= 0.6 is 0 Å². The van der Waals surface area contributed by atoms with Crippen molar-refractivity contribution >= 4 is 24.1 Å². The van der Waals surface area contributed by atoms with Gasteiger partial charge in [0.15, 0.2) is 0 Å².